The average molecular weight is 597 g/mol. The Hall–Kier alpha value is 1.23. The van der Waals surface area contributed by atoms with Crippen LogP contribution in [-0.4, -0.2) is 73.3 Å². The lowest BCUT2D eigenvalue weighted by Gasteiger charge is -2.51. The lowest BCUT2D eigenvalue weighted by molar-refractivity contribution is -0.0305. The largest absolute Gasteiger partial charge is 0.470 e. The lowest BCUT2D eigenvalue weighted by Crippen LogP contribution is -2.66. The molecule has 2 fully saturated rings. The van der Waals surface area contributed by atoms with Crippen molar-refractivity contribution in [3.8, 4) is 0 Å². The first-order valence-electron chi connectivity index (χ1n) is 13.3. The van der Waals surface area contributed by atoms with E-state index in [1.54, 1.807) is 11.8 Å². The van der Waals surface area contributed by atoms with Crippen LogP contribution in [0.25, 0.3) is 0 Å². The van der Waals surface area contributed by atoms with E-state index in [0.717, 1.165) is 12.8 Å². The Bertz CT molecular complexity index is 695. The van der Waals surface area contributed by atoms with Gasteiger partial charge in [0.2, 0.25) is 4.38 Å². The van der Waals surface area contributed by atoms with Gasteiger partial charge in [0, 0.05) is 8.07 Å². The van der Waals surface area contributed by atoms with Gasteiger partial charge < -0.3 is 22.4 Å². The van der Waals surface area contributed by atoms with E-state index in [2.05, 4.69) is 84.1 Å². The van der Waals surface area contributed by atoms with Crippen molar-refractivity contribution in [1.82, 2.24) is 0 Å². The summed E-state index contributed by atoms with van der Waals surface area (Å²) in [5.74, 6) is 1.00. The van der Waals surface area contributed by atoms with Crippen molar-refractivity contribution in [3.05, 3.63) is 0 Å². The summed E-state index contributed by atoms with van der Waals surface area (Å²) >= 11 is 7.35. The maximum Gasteiger partial charge on any atom is 0.335 e. The summed E-state index contributed by atoms with van der Waals surface area (Å²) in [5, 5.41) is 0. The van der Waals surface area contributed by atoms with E-state index in [9.17, 15) is 0 Å². The fourth-order valence-corrected chi connectivity index (χ4v) is 20.3. The maximum absolute atomic E-state index is 7.33. The molecule has 0 aromatic heterocycles. The first kappa shape index (κ1) is 32.4. The van der Waals surface area contributed by atoms with Crippen LogP contribution in [0.15, 0.2) is 0 Å². The van der Waals surface area contributed by atoms with Crippen molar-refractivity contribution >= 4 is 69.7 Å². The Morgan fingerprint density at radius 1 is 1.03 bits per heavy atom. The predicted octanol–water partition coefficient (Wildman–Crippen LogP) is 6.64. The SMILES string of the molecule is CC(C)[Si]1(C(C)C)OC[C@H]2O[C@@H](BP)C(OC(=S)SCC[Si](C)(C)C)[C@H]2O[Si](C(C)C)(C(C)C)O1. The van der Waals surface area contributed by atoms with Crippen LogP contribution in [0.4, 0.5) is 0 Å². The molecule has 5 atom stereocenters. The van der Waals surface area contributed by atoms with Gasteiger partial charge in [-0.15, -0.1) is 0 Å². The van der Waals surface area contributed by atoms with Crippen LogP contribution in [0.1, 0.15) is 55.4 Å². The lowest BCUT2D eigenvalue weighted by atomic mass is 9.91. The molecule has 12 heteroatoms. The molecule has 0 N–H and O–H groups in total. The zero-order valence-electron chi connectivity index (χ0n) is 23.9. The highest BCUT2D eigenvalue weighted by Gasteiger charge is 2.62. The highest BCUT2D eigenvalue weighted by molar-refractivity contribution is 8.22. The fourth-order valence-electron chi connectivity index (χ4n) is 5.14. The smallest absolute Gasteiger partial charge is 0.335 e. The van der Waals surface area contributed by atoms with Gasteiger partial charge in [-0.3, -0.25) is 0 Å². The molecular weight excluding hydrogens is 546 g/mol. The van der Waals surface area contributed by atoms with Crippen molar-refractivity contribution < 1.29 is 22.4 Å². The Morgan fingerprint density at radius 2 is 1.57 bits per heavy atom. The molecule has 0 aliphatic carbocycles. The van der Waals surface area contributed by atoms with Crippen molar-refractivity contribution in [2.24, 2.45) is 0 Å². The van der Waals surface area contributed by atoms with Gasteiger partial charge in [-0.05, 0) is 46.2 Å². The minimum atomic E-state index is -2.73. The van der Waals surface area contributed by atoms with Crippen molar-refractivity contribution in [1.29, 1.82) is 0 Å². The third-order valence-corrected chi connectivity index (χ3v) is 21.3. The summed E-state index contributed by atoms with van der Waals surface area (Å²) in [4.78, 5) is 0. The third kappa shape index (κ3) is 7.67. The van der Waals surface area contributed by atoms with Gasteiger partial charge in [-0.2, -0.15) is 9.12 Å². The van der Waals surface area contributed by atoms with Crippen LogP contribution >= 0.6 is 33.1 Å². The zero-order valence-corrected chi connectivity index (χ0v) is 29.7. The molecule has 0 radical (unpaired) electrons. The van der Waals surface area contributed by atoms with Crippen molar-refractivity contribution in [2.45, 2.75) is 128 Å². The van der Waals surface area contributed by atoms with Gasteiger partial charge in [-0.25, -0.2) is 0 Å². The summed E-state index contributed by atoms with van der Waals surface area (Å²) < 4.78 is 35.0. The van der Waals surface area contributed by atoms with E-state index in [1.807, 2.05) is 0 Å². The highest BCUT2D eigenvalue weighted by Crippen LogP contribution is 2.48. The number of thioether (sulfide) groups is 1. The predicted molar refractivity (Wildman–Crippen MR) is 167 cm³/mol. The Balaban J connectivity index is 2.39. The van der Waals surface area contributed by atoms with E-state index in [1.165, 1.54) is 6.04 Å². The van der Waals surface area contributed by atoms with E-state index in [0.29, 0.717) is 22.1 Å². The molecule has 2 aliphatic heterocycles. The van der Waals surface area contributed by atoms with Gasteiger partial charge in [0.25, 0.3) is 0 Å². The Labute approximate surface area is 231 Å². The third-order valence-electron chi connectivity index (χ3n) is 7.27. The van der Waals surface area contributed by atoms with Crippen molar-refractivity contribution in [3.63, 3.8) is 0 Å². The summed E-state index contributed by atoms with van der Waals surface area (Å²) in [6.45, 7) is 26.4. The van der Waals surface area contributed by atoms with Gasteiger partial charge in [0.1, 0.15) is 18.3 Å². The summed E-state index contributed by atoms with van der Waals surface area (Å²) in [6, 6.07) is 1.11. The highest BCUT2D eigenvalue weighted by atomic mass is 32.2. The number of ether oxygens (including phenoxy) is 2. The van der Waals surface area contributed by atoms with Crippen LogP contribution in [0.3, 0.4) is 0 Å². The molecule has 0 bridgehead atoms. The van der Waals surface area contributed by atoms with Gasteiger partial charge in [0.15, 0.2) is 7.00 Å². The molecular formula is C23H50BO5PS2Si3. The zero-order chi connectivity index (χ0) is 26.8. The number of hydrogen-bond donors (Lipinski definition) is 0. The average Bonchev–Trinajstić information content (AvgIpc) is 3.01. The molecule has 204 valence electrons. The monoisotopic (exact) mass is 596 g/mol. The van der Waals surface area contributed by atoms with Crippen LogP contribution in [0, 0.1) is 0 Å². The first-order valence-corrected chi connectivity index (χ1v) is 23.2. The minimum absolute atomic E-state index is 0.104. The number of thiocarbonyl (C=S) groups is 1. The van der Waals surface area contributed by atoms with Crippen LogP contribution < -0.4 is 0 Å². The molecule has 0 saturated carbocycles. The second-order valence-corrected chi connectivity index (χ2v) is 29.1. The van der Waals surface area contributed by atoms with E-state index >= 15 is 0 Å². The molecule has 2 heterocycles. The van der Waals surface area contributed by atoms with E-state index < -0.39 is 25.2 Å². The standard InChI is InChI=1S/C23H50BO5PS2Si3/c1-15(2)34(16(3)4)25-14-19-20(28-35(29-34,17(5)6)18(7)8)21(22(24-30)26-19)27-23(31)32-12-13-33(9,10)11/h15-22,24H,12-14,30H2,1-11H3/t19-,20+,21?,22-/m1/s1. The summed E-state index contributed by atoms with van der Waals surface area (Å²) in [6.07, 6.45) is -0.690. The van der Waals surface area contributed by atoms with Crippen LogP contribution in [0.2, 0.25) is 47.8 Å². The quantitative estimate of drug-likeness (QED) is 0.168. The van der Waals surface area contributed by atoms with Gasteiger partial charge in [0.05, 0.1) is 12.6 Å². The molecule has 2 saturated heterocycles. The first-order chi connectivity index (χ1) is 16.1. The number of hydrogen-bond acceptors (Lipinski definition) is 7. The molecule has 35 heavy (non-hydrogen) atoms. The fraction of sp³-hybridized carbons (Fsp3) is 0.957. The molecule has 2 aliphatic rings. The molecule has 0 aromatic carbocycles. The van der Waals surface area contributed by atoms with Crippen molar-refractivity contribution in [2.75, 3.05) is 12.4 Å². The molecule has 2 rings (SSSR count). The summed E-state index contributed by atoms with van der Waals surface area (Å²) in [7, 11) is -3.60. The Kier molecular flexibility index (Phi) is 12.1. The van der Waals surface area contributed by atoms with Crippen LogP contribution in [-0.2, 0) is 22.4 Å². The summed E-state index contributed by atoms with van der Waals surface area (Å²) in [5.41, 5.74) is 1.16. The number of rotatable bonds is 9. The Morgan fingerprint density at radius 3 is 2.03 bits per heavy atom. The molecule has 0 aromatic rings. The van der Waals surface area contributed by atoms with Gasteiger partial charge in [-0.1, -0.05) is 86.8 Å². The van der Waals surface area contributed by atoms with E-state index in [-0.39, 0.29) is 35.4 Å². The molecule has 0 spiro atoms. The number of fused-ring (bicyclic) bond motifs is 1. The maximum atomic E-state index is 7.33. The molecule has 5 nitrogen and oxygen atoms in total. The molecule has 2 unspecified atom stereocenters. The van der Waals surface area contributed by atoms with Gasteiger partial charge >= 0.3 is 17.1 Å². The van der Waals surface area contributed by atoms with E-state index in [4.69, 9.17) is 34.7 Å². The second kappa shape index (κ2) is 13.1. The normalized spacial score (nSPS) is 28.8. The second-order valence-electron chi connectivity index (χ2n) is 12.5. The molecule has 0 amide bonds. The minimum Gasteiger partial charge on any atom is -0.470 e. The topological polar surface area (TPSA) is 46.2 Å². The van der Waals surface area contributed by atoms with Crippen LogP contribution in [0.5, 0.6) is 0 Å².